The van der Waals surface area contributed by atoms with Gasteiger partial charge >= 0.3 is 0 Å². The fraction of sp³-hybridized carbons (Fsp3) is 0.222. The van der Waals surface area contributed by atoms with Gasteiger partial charge in [-0.15, -0.1) is 0 Å². The SMILES string of the molecule is C[C@H](c1cccnc1)N(C)Cc1cnc2cc(O)ccc2c1. The fourth-order valence-electron chi connectivity index (χ4n) is 2.54. The summed E-state index contributed by atoms with van der Waals surface area (Å²) in [5, 5.41) is 10.5. The number of rotatable bonds is 4. The average molecular weight is 293 g/mol. The van der Waals surface area contributed by atoms with E-state index >= 15 is 0 Å². The minimum absolute atomic E-state index is 0.245. The van der Waals surface area contributed by atoms with Crippen molar-refractivity contribution in [1.82, 2.24) is 14.9 Å². The second-order valence-corrected chi connectivity index (χ2v) is 5.60. The number of hydrogen-bond acceptors (Lipinski definition) is 4. The number of aromatic nitrogens is 2. The summed E-state index contributed by atoms with van der Waals surface area (Å²) < 4.78 is 0. The number of benzene rings is 1. The standard InChI is InChI=1S/C18H19N3O/c1-13(16-4-3-7-19-11-16)21(2)12-14-8-15-5-6-17(22)9-18(15)20-10-14/h3-11,13,22H,12H2,1-2H3/t13-/m1/s1. The summed E-state index contributed by atoms with van der Waals surface area (Å²) in [5.41, 5.74) is 3.16. The van der Waals surface area contributed by atoms with Crippen LogP contribution in [0.25, 0.3) is 10.9 Å². The largest absolute Gasteiger partial charge is 0.508 e. The van der Waals surface area contributed by atoms with Crippen molar-refractivity contribution in [3.8, 4) is 5.75 Å². The third-order valence-electron chi connectivity index (χ3n) is 3.98. The lowest BCUT2D eigenvalue weighted by Crippen LogP contribution is -2.22. The van der Waals surface area contributed by atoms with Crippen LogP contribution in [0.2, 0.25) is 0 Å². The zero-order chi connectivity index (χ0) is 15.5. The van der Waals surface area contributed by atoms with Crippen molar-refractivity contribution in [2.24, 2.45) is 0 Å². The third kappa shape index (κ3) is 3.07. The highest BCUT2D eigenvalue weighted by atomic mass is 16.3. The van der Waals surface area contributed by atoms with Crippen molar-refractivity contribution in [2.45, 2.75) is 19.5 Å². The maximum Gasteiger partial charge on any atom is 0.117 e. The summed E-state index contributed by atoms with van der Waals surface area (Å²) in [6.45, 7) is 2.98. The van der Waals surface area contributed by atoms with E-state index in [0.29, 0.717) is 0 Å². The maximum atomic E-state index is 9.49. The normalized spacial score (nSPS) is 12.7. The Bertz CT molecular complexity index is 774. The maximum absolute atomic E-state index is 9.49. The van der Waals surface area contributed by atoms with Crippen molar-refractivity contribution in [3.05, 3.63) is 66.1 Å². The van der Waals surface area contributed by atoms with Gasteiger partial charge < -0.3 is 5.11 Å². The zero-order valence-corrected chi connectivity index (χ0v) is 12.8. The van der Waals surface area contributed by atoms with Crippen LogP contribution < -0.4 is 0 Å². The molecule has 2 heterocycles. The number of nitrogens with zero attached hydrogens (tertiary/aromatic N) is 3. The van der Waals surface area contributed by atoms with Gasteiger partial charge in [0.25, 0.3) is 0 Å². The quantitative estimate of drug-likeness (QED) is 0.799. The summed E-state index contributed by atoms with van der Waals surface area (Å²) in [6, 6.07) is 11.7. The van der Waals surface area contributed by atoms with E-state index in [9.17, 15) is 5.11 Å². The molecule has 0 saturated carbocycles. The molecule has 0 aliphatic carbocycles. The Labute approximate surface area is 130 Å². The highest BCUT2D eigenvalue weighted by Crippen LogP contribution is 2.22. The minimum atomic E-state index is 0.245. The molecule has 3 aromatic rings. The number of phenols is 1. The molecule has 4 nitrogen and oxygen atoms in total. The van der Waals surface area contributed by atoms with Crippen molar-refractivity contribution >= 4 is 10.9 Å². The number of hydrogen-bond donors (Lipinski definition) is 1. The van der Waals surface area contributed by atoms with Crippen LogP contribution in [0.1, 0.15) is 24.1 Å². The zero-order valence-electron chi connectivity index (χ0n) is 12.8. The number of phenolic OH excluding ortho intramolecular Hbond substituents is 1. The summed E-state index contributed by atoms with van der Waals surface area (Å²) in [6.07, 6.45) is 5.57. The third-order valence-corrected chi connectivity index (χ3v) is 3.98. The van der Waals surface area contributed by atoms with Gasteiger partial charge in [0.2, 0.25) is 0 Å². The molecule has 1 N–H and O–H groups in total. The van der Waals surface area contributed by atoms with E-state index < -0.39 is 0 Å². The topological polar surface area (TPSA) is 49.2 Å². The first-order valence-electron chi connectivity index (χ1n) is 7.31. The highest BCUT2D eigenvalue weighted by molar-refractivity contribution is 5.80. The molecule has 0 aliphatic rings. The predicted octanol–water partition coefficient (Wildman–Crippen LogP) is 3.53. The van der Waals surface area contributed by atoms with Crippen LogP contribution in [0.4, 0.5) is 0 Å². The number of aromatic hydroxyl groups is 1. The van der Waals surface area contributed by atoms with Crippen LogP contribution in [0.15, 0.2) is 55.0 Å². The lowest BCUT2D eigenvalue weighted by atomic mass is 10.1. The molecule has 0 radical (unpaired) electrons. The van der Waals surface area contributed by atoms with Gasteiger partial charge in [0.15, 0.2) is 0 Å². The molecular weight excluding hydrogens is 274 g/mol. The number of pyridine rings is 2. The molecule has 4 heteroatoms. The van der Waals surface area contributed by atoms with Crippen molar-refractivity contribution in [3.63, 3.8) is 0 Å². The van der Waals surface area contributed by atoms with Crippen molar-refractivity contribution in [1.29, 1.82) is 0 Å². The molecule has 112 valence electrons. The Kier molecular flexibility index (Phi) is 4.02. The molecule has 3 rings (SSSR count). The van der Waals surface area contributed by atoms with Crippen molar-refractivity contribution < 1.29 is 5.11 Å². The molecule has 0 spiro atoms. The van der Waals surface area contributed by atoms with Gasteiger partial charge in [0.1, 0.15) is 5.75 Å². The molecular formula is C18H19N3O. The Hall–Kier alpha value is -2.46. The molecule has 0 saturated heterocycles. The van der Waals surface area contributed by atoms with Gasteiger partial charge in [0.05, 0.1) is 5.52 Å². The van der Waals surface area contributed by atoms with E-state index in [1.165, 1.54) is 5.56 Å². The molecule has 0 unspecified atom stereocenters. The molecule has 0 bridgehead atoms. The van der Waals surface area contributed by atoms with Crippen LogP contribution >= 0.6 is 0 Å². The first-order valence-corrected chi connectivity index (χ1v) is 7.31. The van der Waals surface area contributed by atoms with Gasteiger partial charge in [0, 0.05) is 42.6 Å². The highest BCUT2D eigenvalue weighted by Gasteiger charge is 2.12. The molecule has 0 fully saturated rings. The van der Waals surface area contributed by atoms with E-state index in [1.807, 2.05) is 24.5 Å². The first-order chi connectivity index (χ1) is 10.6. The van der Waals surface area contributed by atoms with Gasteiger partial charge in [-0.1, -0.05) is 6.07 Å². The lowest BCUT2D eigenvalue weighted by molar-refractivity contribution is 0.252. The Morgan fingerprint density at radius 3 is 2.82 bits per heavy atom. The van der Waals surface area contributed by atoms with Crippen LogP contribution in [0.5, 0.6) is 5.75 Å². The van der Waals surface area contributed by atoms with Crippen molar-refractivity contribution in [2.75, 3.05) is 7.05 Å². The molecule has 1 aromatic carbocycles. The second kappa shape index (κ2) is 6.12. The lowest BCUT2D eigenvalue weighted by Gasteiger charge is -2.24. The monoisotopic (exact) mass is 293 g/mol. The van der Waals surface area contributed by atoms with E-state index in [0.717, 1.165) is 23.0 Å². The van der Waals surface area contributed by atoms with Gasteiger partial charge in [-0.3, -0.25) is 14.9 Å². The molecule has 0 amide bonds. The Morgan fingerprint density at radius 2 is 2.05 bits per heavy atom. The van der Waals surface area contributed by atoms with Gasteiger partial charge in [-0.25, -0.2) is 0 Å². The summed E-state index contributed by atoms with van der Waals surface area (Å²) in [7, 11) is 2.10. The minimum Gasteiger partial charge on any atom is -0.508 e. The van der Waals surface area contributed by atoms with E-state index in [1.54, 1.807) is 18.3 Å². The van der Waals surface area contributed by atoms with Crippen LogP contribution in [-0.2, 0) is 6.54 Å². The number of fused-ring (bicyclic) bond motifs is 1. The van der Waals surface area contributed by atoms with Crippen LogP contribution in [0.3, 0.4) is 0 Å². The van der Waals surface area contributed by atoms with Crippen LogP contribution in [0, 0.1) is 0 Å². The molecule has 2 aromatic heterocycles. The van der Waals surface area contributed by atoms with E-state index in [4.69, 9.17) is 0 Å². The Balaban J connectivity index is 1.79. The Morgan fingerprint density at radius 1 is 1.18 bits per heavy atom. The summed E-state index contributed by atoms with van der Waals surface area (Å²) in [5.74, 6) is 0.245. The smallest absolute Gasteiger partial charge is 0.117 e. The van der Waals surface area contributed by atoms with E-state index in [2.05, 4.69) is 41.0 Å². The van der Waals surface area contributed by atoms with Gasteiger partial charge in [-0.2, -0.15) is 0 Å². The van der Waals surface area contributed by atoms with Gasteiger partial charge in [-0.05, 0) is 49.4 Å². The molecule has 0 aliphatic heterocycles. The van der Waals surface area contributed by atoms with E-state index in [-0.39, 0.29) is 11.8 Å². The van der Waals surface area contributed by atoms with Crippen LogP contribution in [-0.4, -0.2) is 27.0 Å². The fourth-order valence-corrected chi connectivity index (χ4v) is 2.54. The average Bonchev–Trinajstić information content (AvgIpc) is 2.55. The molecule has 1 atom stereocenters. The predicted molar refractivity (Wildman–Crippen MR) is 87.5 cm³/mol. The summed E-state index contributed by atoms with van der Waals surface area (Å²) in [4.78, 5) is 10.9. The second-order valence-electron chi connectivity index (χ2n) is 5.60. The molecule has 22 heavy (non-hydrogen) atoms. The summed E-state index contributed by atoms with van der Waals surface area (Å²) >= 11 is 0. The first kappa shape index (κ1) is 14.5.